The van der Waals surface area contributed by atoms with Crippen LogP contribution in [0.3, 0.4) is 0 Å². The van der Waals surface area contributed by atoms with Gasteiger partial charge < -0.3 is 19.9 Å². The first-order chi connectivity index (χ1) is 11.8. The van der Waals surface area contributed by atoms with Gasteiger partial charge in [-0.15, -0.1) is 0 Å². The Hall–Kier alpha value is -2.29. The number of urea groups is 1. The number of methoxy groups -OCH3 is 1. The highest BCUT2D eigenvalue weighted by Gasteiger charge is 2.41. The van der Waals surface area contributed by atoms with Crippen LogP contribution in [-0.4, -0.2) is 60.6 Å². The number of alkyl halides is 3. The number of anilines is 1. The molecule has 2 saturated heterocycles. The fourth-order valence-electron chi connectivity index (χ4n) is 3.23. The number of amides is 3. The number of rotatable bonds is 2. The first kappa shape index (κ1) is 17.5. The van der Waals surface area contributed by atoms with Gasteiger partial charge in [-0.2, -0.15) is 13.2 Å². The largest absolute Gasteiger partial charge is 0.416 e. The van der Waals surface area contributed by atoms with Gasteiger partial charge in [0.2, 0.25) is 5.91 Å². The normalized spacial score (nSPS) is 23.6. The molecule has 0 aliphatic carbocycles. The summed E-state index contributed by atoms with van der Waals surface area (Å²) in [5.74, 6) is -0.185. The number of hydrogen-bond donors (Lipinski definition) is 1. The summed E-state index contributed by atoms with van der Waals surface area (Å²) in [5, 5.41) is 2.43. The SMILES string of the molecule is CO[C@H]1C[C@H]2CN(C(=O)Nc3cccc(C(F)(F)F)c3)CC(=O)N2C1. The van der Waals surface area contributed by atoms with Crippen molar-refractivity contribution in [3.63, 3.8) is 0 Å². The highest BCUT2D eigenvalue weighted by atomic mass is 19.4. The third-order valence-corrected chi connectivity index (χ3v) is 4.52. The van der Waals surface area contributed by atoms with Crippen LogP contribution in [0.15, 0.2) is 24.3 Å². The summed E-state index contributed by atoms with van der Waals surface area (Å²) in [6, 6.07) is 3.68. The van der Waals surface area contributed by atoms with Crippen LogP contribution in [0.5, 0.6) is 0 Å². The van der Waals surface area contributed by atoms with Crippen LogP contribution in [0.25, 0.3) is 0 Å². The number of fused-ring (bicyclic) bond motifs is 1. The minimum absolute atomic E-state index is 0.0379. The van der Waals surface area contributed by atoms with Gasteiger partial charge in [0.1, 0.15) is 6.54 Å². The number of hydrogen-bond acceptors (Lipinski definition) is 3. The highest BCUT2D eigenvalue weighted by Crippen LogP contribution is 2.31. The molecule has 2 fully saturated rings. The van der Waals surface area contributed by atoms with Gasteiger partial charge in [-0.05, 0) is 24.6 Å². The molecule has 1 aromatic rings. The van der Waals surface area contributed by atoms with Crippen molar-refractivity contribution in [1.82, 2.24) is 9.80 Å². The lowest BCUT2D eigenvalue weighted by Gasteiger charge is -2.36. The predicted octanol–water partition coefficient (Wildman–Crippen LogP) is 2.17. The molecule has 0 unspecified atom stereocenters. The Kier molecular flexibility index (Phi) is 4.59. The molecule has 1 aromatic carbocycles. The standard InChI is InChI=1S/C16H18F3N3O3/c1-25-13-6-12-7-21(9-14(23)22(12)8-13)15(24)20-11-4-2-3-10(5-11)16(17,18)19/h2-5,12-13H,6-9H2,1H3,(H,20,24)/t12-,13-/m0/s1. The molecule has 3 amide bonds. The number of carbonyl (C=O) groups excluding carboxylic acids is 2. The molecule has 0 radical (unpaired) electrons. The quantitative estimate of drug-likeness (QED) is 0.882. The van der Waals surface area contributed by atoms with Crippen LogP contribution in [0.4, 0.5) is 23.7 Å². The van der Waals surface area contributed by atoms with Gasteiger partial charge in [0, 0.05) is 25.9 Å². The van der Waals surface area contributed by atoms with Crippen molar-refractivity contribution in [1.29, 1.82) is 0 Å². The van der Waals surface area contributed by atoms with Crippen molar-refractivity contribution in [3.8, 4) is 0 Å². The molecule has 1 N–H and O–H groups in total. The molecule has 25 heavy (non-hydrogen) atoms. The number of benzene rings is 1. The maximum absolute atomic E-state index is 12.7. The lowest BCUT2D eigenvalue weighted by Crippen LogP contribution is -2.56. The number of piperazine rings is 1. The predicted molar refractivity (Wildman–Crippen MR) is 83.0 cm³/mol. The molecule has 2 heterocycles. The fourth-order valence-corrected chi connectivity index (χ4v) is 3.23. The number of halogens is 3. The van der Waals surface area contributed by atoms with Crippen LogP contribution in [0.2, 0.25) is 0 Å². The van der Waals surface area contributed by atoms with Crippen molar-refractivity contribution in [2.75, 3.05) is 32.1 Å². The summed E-state index contributed by atoms with van der Waals surface area (Å²) in [7, 11) is 1.58. The lowest BCUT2D eigenvalue weighted by molar-refractivity contribution is -0.137. The second-order valence-electron chi connectivity index (χ2n) is 6.18. The van der Waals surface area contributed by atoms with E-state index in [9.17, 15) is 22.8 Å². The molecule has 136 valence electrons. The van der Waals surface area contributed by atoms with Crippen molar-refractivity contribution in [2.45, 2.75) is 24.7 Å². The van der Waals surface area contributed by atoms with Crippen molar-refractivity contribution in [2.24, 2.45) is 0 Å². The van der Waals surface area contributed by atoms with E-state index in [4.69, 9.17) is 4.74 Å². The number of nitrogens with zero attached hydrogens (tertiary/aromatic N) is 2. The molecule has 2 atom stereocenters. The summed E-state index contributed by atoms with van der Waals surface area (Å²) < 4.78 is 43.5. The molecule has 2 aliphatic heterocycles. The molecule has 0 saturated carbocycles. The topological polar surface area (TPSA) is 61.9 Å². The first-order valence-corrected chi connectivity index (χ1v) is 7.83. The molecule has 9 heteroatoms. The zero-order valence-corrected chi connectivity index (χ0v) is 13.5. The smallest absolute Gasteiger partial charge is 0.380 e. The number of nitrogens with one attached hydrogen (secondary N) is 1. The minimum atomic E-state index is -4.48. The molecule has 3 rings (SSSR count). The Balaban J connectivity index is 1.67. The third kappa shape index (κ3) is 3.71. The average molecular weight is 357 g/mol. The van der Waals surface area contributed by atoms with Gasteiger partial charge in [-0.1, -0.05) is 6.07 Å². The summed E-state index contributed by atoms with van der Waals surface area (Å²) in [5.41, 5.74) is -0.805. The molecule has 0 aromatic heterocycles. The fraction of sp³-hybridized carbons (Fsp3) is 0.500. The first-order valence-electron chi connectivity index (χ1n) is 7.83. The van der Waals surface area contributed by atoms with Gasteiger partial charge in [0.05, 0.1) is 17.7 Å². The van der Waals surface area contributed by atoms with Gasteiger partial charge in [-0.25, -0.2) is 4.79 Å². The Bertz CT molecular complexity index is 680. The van der Waals surface area contributed by atoms with Gasteiger partial charge in [-0.3, -0.25) is 4.79 Å². The number of carbonyl (C=O) groups is 2. The van der Waals surface area contributed by atoms with Crippen LogP contribution >= 0.6 is 0 Å². The Labute approximate surface area is 142 Å². The van der Waals surface area contributed by atoms with Crippen LogP contribution < -0.4 is 5.32 Å². The third-order valence-electron chi connectivity index (χ3n) is 4.52. The molecule has 2 aliphatic rings. The van der Waals surface area contributed by atoms with E-state index >= 15 is 0 Å². The maximum Gasteiger partial charge on any atom is 0.416 e. The average Bonchev–Trinajstić information content (AvgIpc) is 2.98. The maximum atomic E-state index is 12.7. The van der Waals surface area contributed by atoms with Crippen LogP contribution in [0.1, 0.15) is 12.0 Å². The van der Waals surface area contributed by atoms with E-state index in [0.29, 0.717) is 19.5 Å². The Morgan fingerprint density at radius 1 is 1.32 bits per heavy atom. The Morgan fingerprint density at radius 2 is 2.08 bits per heavy atom. The van der Waals surface area contributed by atoms with E-state index in [1.165, 1.54) is 17.0 Å². The highest BCUT2D eigenvalue weighted by molar-refractivity contribution is 5.93. The molecular formula is C16H18F3N3O3. The van der Waals surface area contributed by atoms with E-state index < -0.39 is 17.8 Å². The molecule has 6 nitrogen and oxygen atoms in total. The zero-order valence-electron chi connectivity index (χ0n) is 13.5. The Morgan fingerprint density at radius 3 is 2.76 bits per heavy atom. The second-order valence-corrected chi connectivity index (χ2v) is 6.18. The van der Waals surface area contributed by atoms with Gasteiger partial charge in [0.25, 0.3) is 0 Å². The van der Waals surface area contributed by atoms with E-state index in [1.54, 1.807) is 12.0 Å². The molecule has 0 bridgehead atoms. The minimum Gasteiger partial charge on any atom is -0.380 e. The van der Waals surface area contributed by atoms with Crippen LogP contribution in [0, 0.1) is 0 Å². The second kappa shape index (κ2) is 6.55. The number of ether oxygens (including phenoxy) is 1. The van der Waals surface area contributed by atoms with Gasteiger partial charge in [0.15, 0.2) is 0 Å². The monoisotopic (exact) mass is 357 g/mol. The summed E-state index contributed by atoms with van der Waals surface area (Å²) >= 11 is 0. The van der Waals surface area contributed by atoms with Crippen molar-refractivity contribution < 1.29 is 27.5 Å². The van der Waals surface area contributed by atoms with Crippen molar-refractivity contribution in [3.05, 3.63) is 29.8 Å². The lowest BCUT2D eigenvalue weighted by atomic mass is 10.1. The molecular weight excluding hydrogens is 339 g/mol. The summed E-state index contributed by atoms with van der Waals surface area (Å²) in [6.07, 6.45) is -3.91. The summed E-state index contributed by atoms with van der Waals surface area (Å²) in [4.78, 5) is 27.6. The van der Waals surface area contributed by atoms with E-state index in [0.717, 1.165) is 12.1 Å². The molecule has 0 spiro atoms. The van der Waals surface area contributed by atoms with E-state index in [1.807, 2.05) is 0 Å². The van der Waals surface area contributed by atoms with Crippen LogP contribution in [-0.2, 0) is 15.7 Å². The zero-order chi connectivity index (χ0) is 18.2. The van der Waals surface area contributed by atoms with E-state index in [-0.39, 0.29) is 30.3 Å². The van der Waals surface area contributed by atoms with E-state index in [2.05, 4.69) is 5.32 Å². The summed E-state index contributed by atoms with van der Waals surface area (Å²) in [6.45, 7) is 0.733. The van der Waals surface area contributed by atoms with Gasteiger partial charge >= 0.3 is 12.2 Å². The van der Waals surface area contributed by atoms with Crippen molar-refractivity contribution >= 4 is 17.6 Å².